The predicted molar refractivity (Wildman–Crippen MR) is 64.9 cm³/mol. The molecule has 1 N–H and O–H groups in total. The average molecular weight is 251 g/mol. The predicted octanol–water partition coefficient (Wildman–Crippen LogP) is 1.67. The van der Waals surface area contributed by atoms with Gasteiger partial charge in [0.1, 0.15) is 0 Å². The van der Waals surface area contributed by atoms with Gasteiger partial charge in [-0.1, -0.05) is 6.92 Å². The quantitative estimate of drug-likeness (QED) is 0.614. The highest BCUT2D eigenvalue weighted by Crippen LogP contribution is 2.29. The normalized spacial score (nSPS) is 13.7. The van der Waals surface area contributed by atoms with E-state index in [0.29, 0.717) is 0 Å². The van der Waals surface area contributed by atoms with Crippen molar-refractivity contribution >= 4 is 11.9 Å². The SMILES string of the molecule is CCOC(=O)C(CC)(Cc1ccncc1)C(=O)O. The van der Waals surface area contributed by atoms with E-state index in [2.05, 4.69) is 4.98 Å². The van der Waals surface area contributed by atoms with E-state index in [1.165, 1.54) is 0 Å². The van der Waals surface area contributed by atoms with E-state index in [4.69, 9.17) is 4.74 Å². The summed E-state index contributed by atoms with van der Waals surface area (Å²) in [5.74, 6) is -1.84. The zero-order valence-electron chi connectivity index (χ0n) is 10.5. The first-order valence-electron chi connectivity index (χ1n) is 5.86. The molecule has 1 aromatic rings. The molecule has 0 aliphatic carbocycles. The fourth-order valence-corrected chi connectivity index (χ4v) is 1.77. The Kier molecular flexibility index (Phi) is 4.83. The first kappa shape index (κ1) is 14.2. The maximum atomic E-state index is 11.9. The highest BCUT2D eigenvalue weighted by atomic mass is 16.5. The smallest absolute Gasteiger partial charge is 0.323 e. The molecule has 98 valence electrons. The van der Waals surface area contributed by atoms with Gasteiger partial charge < -0.3 is 9.84 Å². The van der Waals surface area contributed by atoms with Crippen LogP contribution in [0.4, 0.5) is 0 Å². The molecular weight excluding hydrogens is 234 g/mol. The highest BCUT2D eigenvalue weighted by molar-refractivity contribution is 5.99. The standard InChI is InChI=1S/C13H17NO4/c1-3-13(11(15)16,12(17)18-4-2)9-10-5-7-14-8-6-10/h5-8H,3-4,9H2,1-2H3,(H,15,16). The second-order valence-electron chi connectivity index (χ2n) is 3.99. The number of esters is 1. The van der Waals surface area contributed by atoms with E-state index in [-0.39, 0.29) is 19.4 Å². The Labute approximate surface area is 106 Å². The van der Waals surface area contributed by atoms with Crippen LogP contribution in [0.3, 0.4) is 0 Å². The number of carboxylic acid groups (broad SMARTS) is 1. The Bertz CT molecular complexity index is 418. The highest BCUT2D eigenvalue weighted by Gasteiger charge is 2.46. The molecule has 0 fully saturated rings. The number of carboxylic acids is 1. The van der Waals surface area contributed by atoms with Gasteiger partial charge >= 0.3 is 11.9 Å². The fraction of sp³-hybridized carbons (Fsp3) is 0.462. The van der Waals surface area contributed by atoms with E-state index in [9.17, 15) is 14.7 Å². The minimum absolute atomic E-state index is 0.111. The van der Waals surface area contributed by atoms with Crippen LogP contribution in [-0.4, -0.2) is 28.6 Å². The number of aromatic nitrogens is 1. The van der Waals surface area contributed by atoms with Crippen LogP contribution < -0.4 is 0 Å². The van der Waals surface area contributed by atoms with Crippen molar-refractivity contribution in [3.63, 3.8) is 0 Å². The van der Waals surface area contributed by atoms with Crippen LogP contribution >= 0.6 is 0 Å². The lowest BCUT2D eigenvalue weighted by Crippen LogP contribution is -2.42. The van der Waals surface area contributed by atoms with Crippen LogP contribution in [0.15, 0.2) is 24.5 Å². The molecule has 1 aromatic heterocycles. The Morgan fingerprint density at radius 2 is 1.94 bits per heavy atom. The maximum Gasteiger partial charge on any atom is 0.323 e. The molecule has 0 amide bonds. The molecule has 18 heavy (non-hydrogen) atoms. The molecule has 0 spiro atoms. The van der Waals surface area contributed by atoms with Gasteiger partial charge in [0.2, 0.25) is 0 Å². The average Bonchev–Trinajstić information content (AvgIpc) is 2.37. The number of carbonyl (C=O) groups excluding carboxylic acids is 1. The summed E-state index contributed by atoms with van der Waals surface area (Å²) >= 11 is 0. The summed E-state index contributed by atoms with van der Waals surface area (Å²) in [7, 11) is 0. The van der Waals surface area contributed by atoms with Crippen LogP contribution in [0, 0.1) is 5.41 Å². The minimum Gasteiger partial charge on any atom is -0.480 e. The van der Waals surface area contributed by atoms with Gasteiger partial charge in [-0.15, -0.1) is 0 Å². The number of nitrogens with zero attached hydrogens (tertiary/aromatic N) is 1. The van der Waals surface area contributed by atoms with Crippen molar-refractivity contribution in [3.8, 4) is 0 Å². The van der Waals surface area contributed by atoms with Crippen molar-refractivity contribution in [2.45, 2.75) is 26.7 Å². The summed E-state index contributed by atoms with van der Waals surface area (Å²) in [6.07, 6.45) is 3.44. The molecule has 1 unspecified atom stereocenters. The van der Waals surface area contributed by atoms with Gasteiger partial charge in [0.25, 0.3) is 0 Å². The monoisotopic (exact) mass is 251 g/mol. The van der Waals surface area contributed by atoms with Gasteiger partial charge in [-0.25, -0.2) is 0 Å². The van der Waals surface area contributed by atoms with E-state index in [1.807, 2.05) is 0 Å². The van der Waals surface area contributed by atoms with Crippen molar-refractivity contribution in [2.75, 3.05) is 6.61 Å². The molecule has 0 aliphatic heterocycles. The molecule has 0 aliphatic rings. The van der Waals surface area contributed by atoms with Gasteiger partial charge in [-0.05, 0) is 37.5 Å². The largest absolute Gasteiger partial charge is 0.480 e. The lowest BCUT2D eigenvalue weighted by Gasteiger charge is -2.25. The number of carbonyl (C=O) groups is 2. The summed E-state index contributed by atoms with van der Waals surface area (Å²) in [6.45, 7) is 3.50. The number of ether oxygens (including phenoxy) is 1. The second-order valence-corrected chi connectivity index (χ2v) is 3.99. The fourth-order valence-electron chi connectivity index (χ4n) is 1.77. The first-order chi connectivity index (χ1) is 8.56. The third kappa shape index (κ3) is 2.85. The third-order valence-corrected chi connectivity index (χ3v) is 2.93. The molecule has 5 heteroatoms. The molecule has 0 radical (unpaired) electrons. The van der Waals surface area contributed by atoms with E-state index in [0.717, 1.165) is 5.56 Å². The van der Waals surface area contributed by atoms with Crippen LogP contribution in [0.5, 0.6) is 0 Å². The molecule has 0 saturated carbocycles. The molecule has 0 saturated heterocycles. The van der Waals surface area contributed by atoms with Gasteiger partial charge in [0, 0.05) is 12.4 Å². The van der Waals surface area contributed by atoms with Crippen molar-refractivity contribution in [1.82, 2.24) is 4.98 Å². The van der Waals surface area contributed by atoms with Crippen LogP contribution in [0.25, 0.3) is 0 Å². The summed E-state index contributed by atoms with van der Waals surface area (Å²) in [5.41, 5.74) is -0.764. The molecular formula is C13H17NO4. The summed E-state index contributed by atoms with van der Waals surface area (Å²) in [4.78, 5) is 27.2. The number of hydrogen-bond donors (Lipinski definition) is 1. The van der Waals surface area contributed by atoms with Crippen molar-refractivity contribution in [1.29, 1.82) is 0 Å². The summed E-state index contributed by atoms with van der Waals surface area (Å²) in [6, 6.07) is 3.40. The first-order valence-corrected chi connectivity index (χ1v) is 5.86. The Morgan fingerprint density at radius 1 is 1.33 bits per heavy atom. The lowest BCUT2D eigenvalue weighted by molar-refractivity contribution is -0.168. The van der Waals surface area contributed by atoms with Gasteiger partial charge in [-0.3, -0.25) is 14.6 Å². The summed E-state index contributed by atoms with van der Waals surface area (Å²) < 4.78 is 4.90. The van der Waals surface area contributed by atoms with E-state index in [1.54, 1.807) is 38.4 Å². The van der Waals surface area contributed by atoms with Gasteiger partial charge in [0.15, 0.2) is 5.41 Å². The molecule has 1 rings (SSSR count). The number of rotatable bonds is 6. The van der Waals surface area contributed by atoms with Crippen molar-refractivity contribution in [2.24, 2.45) is 5.41 Å². The van der Waals surface area contributed by atoms with Gasteiger partial charge in [-0.2, -0.15) is 0 Å². The molecule has 0 bridgehead atoms. The lowest BCUT2D eigenvalue weighted by atomic mass is 9.79. The Balaban J connectivity index is 3.05. The van der Waals surface area contributed by atoms with Gasteiger partial charge in [0.05, 0.1) is 6.61 Å². The minimum atomic E-state index is -1.52. The number of aliphatic carboxylic acids is 1. The Hall–Kier alpha value is -1.91. The van der Waals surface area contributed by atoms with Crippen molar-refractivity contribution in [3.05, 3.63) is 30.1 Å². The van der Waals surface area contributed by atoms with E-state index < -0.39 is 17.4 Å². The molecule has 1 atom stereocenters. The third-order valence-electron chi connectivity index (χ3n) is 2.93. The van der Waals surface area contributed by atoms with Crippen LogP contribution in [0.2, 0.25) is 0 Å². The van der Waals surface area contributed by atoms with Crippen LogP contribution in [0.1, 0.15) is 25.8 Å². The number of hydrogen-bond acceptors (Lipinski definition) is 4. The van der Waals surface area contributed by atoms with E-state index >= 15 is 0 Å². The topological polar surface area (TPSA) is 76.5 Å². The van der Waals surface area contributed by atoms with Crippen LogP contribution in [-0.2, 0) is 20.7 Å². The maximum absolute atomic E-state index is 11.9. The zero-order chi connectivity index (χ0) is 13.6. The second kappa shape index (κ2) is 6.14. The molecule has 0 aromatic carbocycles. The molecule has 1 heterocycles. The summed E-state index contributed by atoms with van der Waals surface area (Å²) in [5, 5.41) is 9.37. The zero-order valence-corrected chi connectivity index (χ0v) is 10.5. The Morgan fingerprint density at radius 3 is 2.39 bits per heavy atom. The van der Waals surface area contributed by atoms with Crippen molar-refractivity contribution < 1.29 is 19.4 Å². The number of pyridine rings is 1. The molecule has 5 nitrogen and oxygen atoms in total.